The van der Waals surface area contributed by atoms with E-state index in [2.05, 4.69) is 5.10 Å². The summed E-state index contributed by atoms with van der Waals surface area (Å²) in [5, 5.41) is 18.6. The first-order chi connectivity index (χ1) is 11.0. The van der Waals surface area contributed by atoms with Gasteiger partial charge in [-0.1, -0.05) is 36.4 Å². The number of aromatic nitrogens is 2. The molecule has 0 aliphatic carbocycles. The fourth-order valence-corrected chi connectivity index (χ4v) is 3.07. The molecule has 0 spiro atoms. The number of nitrogens with zero attached hydrogens (tertiary/aromatic N) is 3. The Morgan fingerprint density at radius 1 is 1.04 bits per heavy atom. The molecule has 1 heterocycles. The summed E-state index contributed by atoms with van der Waals surface area (Å²) in [5.41, 5.74) is 1.78. The van der Waals surface area contributed by atoms with E-state index in [9.17, 15) is 8.42 Å². The molecule has 0 radical (unpaired) electrons. The van der Waals surface area contributed by atoms with Crippen molar-refractivity contribution in [1.29, 1.82) is 5.26 Å². The molecule has 0 bridgehead atoms. The molecule has 6 nitrogen and oxygen atoms in total. The third-order valence-electron chi connectivity index (χ3n) is 3.29. The highest BCUT2D eigenvalue weighted by Gasteiger charge is 2.19. The van der Waals surface area contributed by atoms with Gasteiger partial charge in [0.25, 0.3) is 0 Å². The summed E-state index contributed by atoms with van der Waals surface area (Å²) < 4.78 is 25.2. The molecule has 0 saturated heterocycles. The monoisotopic (exact) mass is 324 g/mol. The Morgan fingerprint density at radius 3 is 2.35 bits per heavy atom. The summed E-state index contributed by atoms with van der Waals surface area (Å²) in [6.45, 7) is 0. The van der Waals surface area contributed by atoms with Crippen molar-refractivity contribution in [3.05, 3.63) is 66.4 Å². The number of primary sulfonamides is 1. The molecular weight excluding hydrogens is 312 g/mol. The molecule has 2 aromatic carbocycles. The van der Waals surface area contributed by atoms with Crippen LogP contribution < -0.4 is 5.14 Å². The number of sulfonamides is 1. The van der Waals surface area contributed by atoms with Crippen molar-refractivity contribution in [2.24, 2.45) is 5.14 Å². The van der Waals surface area contributed by atoms with Crippen LogP contribution >= 0.6 is 0 Å². The largest absolute Gasteiger partial charge is 0.238 e. The van der Waals surface area contributed by atoms with E-state index in [0.717, 1.165) is 0 Å². The van der Waals surface area contributed by atoms with E-state index in [1.165, 1.54) is 16.8 Å². The number of hydrogen-bond acceptors (Lipinski definition) is 4. The molecular formula is C16H12N4O2S. The Hall–Kier alpha value is -2.95. The van der Waals surface area contributed by atoms with Crippen LogP contribution in [-0.4, -0.2) is 18.2 Å². The highest BCUT2D eigenvalue weighted by Crippen LogP contribution is 2.29. The van der Waals surface area contributed by atoms with Crippen LogP contribution in [0.3, 0.4) is 0 Å². The summed E-state index contributed by atoms with van der Waals surface area (Å²) in [7, 11) is -3.90. The van der Waals surface area contributed by atoms with Gasteiger partial charge in [0.05, 0.1) is 16.3 Å². The van der Waals surface area contributed by atoms with Gasteiger partial charge in [0.15, 0.2) is 5.69 Å². The zero-order chi connectivity index (χ0) is 16.4. The fourth-order valence-electron chi connectivity index (χ4n) is 2.32. The van der Waals surface area contributed by atoms with Crippen molar-refractivity contribution in [2.45, 2.75) is 4.90 Å². The Kier molecular flexibility index (Phi) is 3.70. The van der Waals surface area contributed by atoms with Gasteiger partial charge in [0.2, 0.25) is 10.0 Å². The SMILES string of the molecule is N#Cc1cc(-c2ccccc2S(N)(=O)=O)n(-c2ccccc2)n1. The minimum absolute atomic E-state index is 0.0124. The van der Waals surface area contributed by atoms with Crippen LogP contribution in [0.25, 0.3) is 16.9 Å². The van der Waals surface area contributed by atoms with Crippen LogP contribution in [0.2, 0.25) is 0 Å². The number of hydrogen-bond donors (Lipinski definition) is 1. The Bertz CT molecular complexity index is 1000. The van der Waals surface area contributed by atoms with E-state index in [0.29, 0.717) is 16.9 Å². The fraction of sp³-hybridized carbons (Fsp3) is 0. The van der Waals surface area contributed by atoms with Crippen molar-refractivity contribution < 1.29 is 8.42 Å². The smallest absolute Gasteiger partial charge is 0.232 e. The van der Waals surface area contributed by atoms with Crippen molar-refractivity contribution in [1.82, 2.24) is 9.78 Å². The number of benzene rings is 2. The van der Waals surface area contributed by atoms with E-state index in [-0.39, 0.29) is 10.6 Å². The summed E-state index contributed by atoms with van der Waals surface area (Å²) in [4.78, 5) is -0.0124. The Morgan fingerprint density at radius 2 is 1.70 bits per heavy atom. The van der Waals surface area contributed by atoms with Crippen LogP contribution in [0, 0.1) is 11.3 Å². The van der Waals surface area contributed by atoms with Crippen molar-refractivity contribution in [3.63, 3.8) is 0 Å². The second-order valence-electron chi connectivity index (χ2n) is 4.82. The summed E-state index contributed by atoms with van der Waals surface area (Å²) in [6.07, 6.45) is 0. The summed E-state index contributed by atoms with van der Waals surface area (Å²) >= 11 is 0. The van der Waals surface area contributed by atoms with Gasteiger partial charge < -0.3 is 0 Å². The number of para-hydroxylation sites is 1. The van der Waals surface area contributed by atoms with Crippen LogP contribution in [0.4, 0.5) is 0 Å². The molecule has 114 valence electrons. The van der Waals surface area contributed by atoms with Crippen molar-refractivity contribution in [2.75, 3.05) is 0 Å². The lowest BCUT2D eigenvalue weighted by molar-refractivity contribution is 0.598. The van der Waals surface area contributed by atoms with Gasteiger partial charge in [-0.25, -0.2) is 18.2 Å². The van der Waals surface area contributed by atoms with Crippen LogP contribution in [0.5, 0.6) is 0 Å². The predicted octanol–water partition coefficient (Wildman–Crippen LogP) is 2.06. The molecule has 7 heteroatoms. The van der Waals surface area contributed by atoms with Gasteiger partial charge in [-0.05, 0) is 18.2 Å². The van der Waals surface area contributed by atoms with E-state index in [1.54, 1.807) is 18.2 Å². The van der Waals surface area contributed by atoms with Gasteiger partial charge in [-0.2, -0.15) is 10.4 Å². The van der Waals surface area contributed by atoms with Gasteiger partial charge in [-0.15, -0.1) is 0 Å². The number of rotatable bonds is 3. The molecule has 0 fully saturated rings. The molecule has 2 N–H and O–H groups in total. The summed E-state index contributed by atoms with van der Waals surface area (Å²) in [6, 6.07) is 19.0. The second-order valence-corrected chi connectivity index (χ2v) is 6.34. The molecule has 0 aliphatic heterocycles. The molecule has 23 heavy (non-hydrogen) atoms. The molecule has 3 rings (SSSR count). The van der Waals surface area contributed by atoms with Crippen LogP contribution in [0.1, 0.15) is 5.69 Å². The zero-order valence-corrected chi connectivity index (χ0v) is 12.7. The van der Waals surface area contributed by atoms with Crippen LogP contribution in [-0.2, 0) is 10.0 Å². The molecule has 0 saturated carbocycles. The van der Waals surface area contributed by atoms with Gasteiger partial charge in [-0.3, -0.25) is 0 Å². The maximum atomic E-state index is 11.8. The molecule has 3 aromatic rings. The highest BCUT2D eigenvalue weighted by molar-refractivity contribution is 7.89. The molecule has 0 unspecified atom stereocenters. The minimum atomic E-state index is -3.90. The number of nitrogens with two attached hydrogens (primary N) is 1. The van der Waals surface area contributed by atoms with Gasteiger partial charge >= 0.3 is 0 Å². The Labute approximate surface area is 133 Å². The maximum absolute atomic E-state index is 11.8. The van der Waals surface area contributed by atoms with Crippen molar-refractivity contribution >= 4 is 10.0 Å². The summed E-state index contributed by atoms with van der Waals surface area (Å²) in [5.74, 6) is 0. The lowest BCUT2D eigenvalue weighted by atomic mass is 10.1. The third kappa shape index (κ3) is 2.85. The average molecular weight is 324 g/mol. The first-order valence-corrected chi connectivity index (χ1v) is 8.23. The van der Waals surface area contributed by atoms with Crippen molar-refractivity contribution in [3.8, 4) is 23.0 Å². The highest BCUT2D eigenvalue weighted by atomic mass is 32.2. The number of nitriles is 1. The van der Waals surface area contributed by atoms with Crippen LogP contribution in [0.15, 0.2) is 65.6 Å². The first-order valence-electron chi connectivity index (χ1n) is 6.68. The average Bonchev–Trinajstić information content (AvgIpc) is 2.99. The van der Waals surface area contributed by atoms with E-state index >= 15 is 0 Å². The minimum Gasteiger partial charge on any atom is -0.232 e. The topological polar surface area (TPSA) is 102 Å². The molecule has 0 aliphatic rings. The molecule has 0 atom stereocenters. The normalized spacial score (nSPS) is 11.1. The van der Waals surface area contributed by atoms with E-state index < -0.39 is 10.0 Å². The second kappa shape index (κ2) is 5.68. The quantitative estimate of drug-likeness (QED) is 0.796. The van der Waals surface area contributed by atoms with Gasteiger partial charge in [0.1, 0.15) is 6.07 Å². The maximum Gasteiger partial charge on any atom is 0.238 e. The predicted molar refractivity (Wildman–Crippen MR) is 85.1 cm³/mol. The standard InChI is InChI=1S/C16H12N4O2S/c17-11-12-10-15(20(19-12)13-6-2-1-3-7-13)14-8-4-5-9-16(14)23(18,21)22/h1-10H,(H2,18,21,22). The van der Waals surface area contributed by atoms with E-state index in [1.807, 2.05) is 36.4 Å². The lowest BCUT2D eigenvalue weighted by Gasteiger charge is -2.10. The lowest BCUT2D eigenvalue weighted by Crippen LogP contribution is -2.14. The Balaban J connectivity index is 2.31. The van der Waals surface area contributed by atoms with E-state index in [4.69, 9.17) is 10.4 Å². The zero-order valence-electron chi connectivity index (χ0n) is 11.9. The molecule has 1 aromatic heterocycles. The van der Waals surface area contributed by atoms with Gasteiger partial charge in [0, 0.05) is 11.6 Å². The first kappa shape index (κ1) is 15.0. The molecule has 0 amide bonds. The third-order valence-corrected chi connectivity index (χ3v) is 4.26.